The SMILES string of the molecule is CC(C)=O.Cl.[Fe]. The van der Waals surface area contributed by atoms with Crippen LogP contribution in [0.15, 0.2) is 0 Å². The smallest absolute Gasteiger partial charge is 0.126 e. The first-order valence-electron chi connectivity index (χ1n) is 1.20. The van der Waals surface area contributed by atoms with Crippen molar-refractivity contribution in [2.45, 2.75) is 13.8 Å². The quantitative estimate of drug-likeness (QED) is 0.471. The van der Waals surface area contributed by atoms with Gasteiger partial charge < -0.3 is 4.79 Å². The van der Waals surface area contributed by atoms with Crippen LogP contribution in [0.5, 0.6) is 0 Å². The van der Waals surface area contributed by atoms with E-state index in [0.29, 0.717) is 0 Å². The third kappa shape index (κ3) is 236. The van der Waals surface area contributed by atoms with Gasteiger partial charge >= 0.3 is 0 Å². The van der Waals surface area contributed by atoms with Gasteiger partial charge in [-0.3, -0.25) is 0 Å². The van der Waals surface area contributed by atoms with Crippen LogP contribution in [0, 0.1) is 0 Å². The van der Waals surface area contributed by atoms with Gasteiger partial charge in [0.15, 0.2) is 0 Å². The molecule has 0 radical (unpaired) electrons. The Bertz CT molecular complexity index is 33.8. The van der Waals surface area contributed by atoms with Crippen LogP contribution in [0.25, 0.3) is 0 Å². The molecule has 0 aromatic rings. The number of hydrogen-bond acceptors (Lipinski definition) is 1. The molecule has 0 amide bonds. The molecule has 0 aromatic carbocycles. The monoisotopic (exact) mass is 150 g/mol. The molecule has 0 rings (SSSR count). The minimum atomic E-state index is 0. The van der Waals surface area contributed by atoms with Crippen molar-refractivity contribution in [1.82, 2.24) is 0 Å². The van der Waals surface area contributed by atoms with Crippen LogP contribution in [-0.4, -0.2) is 5.78 Å². The van der Waals surface area contributed by atoms with Gasteiger partial charge in [-0.25, -0.2) is 0 Å². The molecule has 1 nitrogen and oxygen atoms in total. The van der Waals surface area contributed by atoms with Crippen molar-refractivity contribution in [2.24, 2.45) is 0 Å². The van der Waals surface area contributed by atoms with Gasteiger partial charge in [0.2, 0.25) is 0 Å². The molecule has 0 aromatic heterocycles. The van der Waals surface area contributed by atoms with Gasteiger partial charge in [-0.05, 0) is 13.8 Å². The maximum Gasteiger partial charge on any atom is 0.126 e. The molecule has 6 heavy (non-hydrogen) atoms. The molecule has 0 unspecified atom stereocenters. The Balaban J connectivity index is -0.0000000450. The zero-order chi connectivity index (χ0) is 3.58. The van der Waals surface area contributed by atoms with Gasteiger partial charge in [-0.15, -0.1) is 12.4 Å². The number of hydrogen-bond donors (Lipinski definition) is 0. The normalized spacial score (nSPS) is 4.33. The number of rotatable bonds is 0. The van der Waals surface area contributed by atoms with Crippen LogP contribution in [0.2, 0.25) is 0 Å². The van der Waals surface area contributed by atoms with Gasteiger partial charge in [0.25, 0.3) is 0 Å². The molecule has 3 heteroatoms. The van der Waals surface area contributed by atoms with Gasteiger partial charge in [0, 0.05) is 17.1 Å². The third-order valence-corrected chi connectivity index (χ3v) is 0. The molecule has 0 N–H and O–H groups in total. The predicted octanol–water partition coefficient (Wildman–Crippen LogP) is 1.01. The second-order valence-corrected chi connectivity index (χ2v) is 0.908. The number of halogens is 1. The van der Waals surface area contributed by atoms with Crippen LogP contribution in [0.1, 0.15) is 13.8 Å². The van der Waals surface area contributed by atoms with Gasteiger partial charge in [-0.1, -0.05) is 0 Å². The van der Waals surface area contributed by atoms with E-state index in [1.807, 2.05) is 0 Å². The topological polar surface area (TPSA) is 17.1 Å². The van der Waals surface area contributed by atoms with E-state index in [1.54, 1.807) is 0 Å². The van der Waals surface area contributed by atoms with E-state index in [1.165, 1.54) is 13.8 Å². The summed E-state index contributed by atoms with van der Waals surface area (Å²) in [6.07, 6.45) is 0. The summed E-state index contributed by atoms with van der Waals surface area (Å²) >= 11 is 0. The van der Waals surface area contributed by atoms with Crippen molar-refractivity contribution in [3.05, 3.63) is 0 Å². The van der Waals surface area contributed by atoms with Crippen molar-refractivity contribution in [2.75, 3.05) is 0 Å². The summed E-state index contributed by atoms with van der Waals surface area (Å²) in [5, 5.41) is 0. The molecule has 0 spiro atoms. The Kier molecular flexibility index (Phi) is 24.3. The standard InChI is InChI=1S/C3H6O.ClH.Fe/c1-3(2)4;;/h1-2H3;1H;. The average molecular weight is 150 g/mol. The molecule has 0 fully saturated rings. The fourth-order valence-corrected chi connectivity index (χ4v) is 0. The Hall–Kier alpha value is 0.479. The molecule has 0 saturated carbocycles. The molecule has 40 valence electrons. The van der Waals surface area contributed by atoms with Crippen LogP contribution in [-0.2, 0) is 21.9 Å². The zero-order valence-corrected chi connectivity index (χ0v) is 5.59. The first kappa shape index (κ1) is 16.1. The van der Waals surface area contributed by atoms with Crippen molar-refractivity contribution in [1.29, 1.82) is 0 Å². The Morgan fingerprint density at radius 1 is 1.33 bits per heavy atom. The van der Waals surface area contributed by atoms with Crippen molar-refractivity contribution >= 4 is 18.2 Å². The molecule has 0 atom stereocenters. The summed E-state index contributed by atoms with van der Waals surface area (Å²) in [6.45, 7) is 3.06. The zero-order valence-electron chi connectivity index (χ0n) is 3.67. The number of Topliss-reactive ketones (excluding diaryl/α,β-unsaturated/α-hetero) is 1. The van der Waals surface area contributed by atoms with Crippen molar-refractivity contribution in [3.8, 4) is 0 Å². The Morgan fingerprint density at radius 3 is 1.33 bits per heavy atom. The molecule has 0 aliphatic heterocycles. The molecule has 0 saturated heterocycles. The van der Waals surface area contributed by atoms with Crippen LogP contribution in [0.4, 0.5) is 0 Å². The molecule has 0 aliphatic carbocycles. The van der Waals surface area contributed by atoms with E-state index in [2.05, 4.69) is 0 Å². The van der Waals surface area contributed by atoms with Crippen molar-refractivity contribution < 1.29 is 21.9 Å². The second kappa shape index (κ2) is 9.08. The van der Waals surface area contributed by atoms with Crippen LogP contribution < -0.4 is 0 Å². The minimum absolute atomic E-state index is 0. The number of carbonyl (C=O) groups is 1. The first-order chi connectivity index (χ1) is 1.73. The van der Waals surface area contributed by atoms with E-state index in [-0.39, 0.29) is 35.3 Å². The van der Waals surface area contributed by atoms with Crippen LogP contribution in [0.3, 0.4) is 0 Å². The molecule has 0 aliphatic rings. The molecule has 0 heterocycles. The summed E-state index contributed by atoms with van der Waals surface area (Å²) in [4.78, 5) is 9.44. The molecule has 0 bridgehead atoms. The van der Waals surface area contributed by atoms with E-state index < -0.39 is 0 Å². The maximum absolute atomic E-state index is 9.44. The third-order valence-electron chi connectivity index (χ3n) is 0. The number of carbonyl (C=O) groups excluding carboxylic acids is 1. The Morgan fingerprint density at radius 2 is 1.33 bits per heavy atom. The van der Waals surface area contributed by atoms with E-state index in [4.69, 9.17) is 0 Å². The Labute approximate surface area is 54.4 Å². The van der Waals surface area contributed by atoms with E-state index in [0.717, 1.165) is 0 Å². The van der Waals surface area contributed by atoms with Crippen LogP contribution >= 0.6 is 12.4 Å². The fourth-order valence-electron chi connectivity index (χ4n) is 0. The fraction of sp³-hybridized carbons (Fsp3) is 0.667. The molecular formula is C3H7ClFeO. The minimum Gasteiger partial charge on any atom is -0.300 e. The first-order valence-corrected chi connectivity index (χ1v) is 1.20. The van der Waals surface area contributed by atoms with Crippen molar-refractivity contribution in [3.63, 3.8) is 0 Å². The molecular weight excluding hydrogens is 143 g/mol. The van der Waals surface area contributed by atoms with Gasteiger partial charge in [-0.2, -0.15) is 0 Å². The summed E-state index contributed by atoms with van der Waals surface area (Å²) in [7, 11) is 0. The summed E-state index contributed by atoms with van der Waals surface area (Å²) in [5.41, 5.74) is 0. The largest absolute Gasteiger partial charge is 0.300 e. The maximum atomic E-state index is 9.44. The van der Waals surface area contributed by atoms with Gasteiger partial charge in [0.05, 0.1) is 0 Å². The second-order valence-electron chi connectivity index (χ2n) is 0.908. The van der Waals surface area contributed by atoms with E-state index in [9.17, 15) is 4.79 Å². The number of ketones is 1. The summed E-state index contributed by atoms with van der Waals surface area (Å²) < 4.78 is 0. The predicted molar refractivity (Wildman–Crippen MR) is 23.6 cm³/mol. The average Bonchev–Trinajstić information content (AvgIpc) is 0.811. The summed E-state index contributed by atoms with van der Waals surface area (Å²) in [6, 6.07) is 0. The van der Waals surface area contributed by atoms with E-state index >= 15 is 0 Å². The van der Waals surface area contributed by atoms with Gasteiger partial charge in [0.1, 0.15) is 5.78 Å². The summed E-state index contributed by atoms with van der Waals surface area (Å²) in [5.74, 6) is 0.167.